The Hall–Kier alpha value is -1.68. The van der Waals surface area contributed by atoms with Crippen molar-refractivity contribution in [2.24, 2.45) is 0 Å². The van der Waals surface area contributed by atoms with E-state index < -0.39 is 10.0 Å². The average molecular weight is 525 g/mol. The molecule has 194 valence electrons. The summed E-state index contributed by atoms with van der Waals surface area (Å²) in [6.07, 6.45) is 1.63. The lowest BCUT2D eigenvalue weighted by molar-refractivity contribution is 0.0502. The van der Waals surface area contributed by atoms with Gasteiger partial charge in [-0.2, -0.15) is 0 Å². The molecule has 0 radical (unpaired) electrons. The molecule has 0 saturated heterocycles. The van der Waals surface area contributed by atoms with Crippen LogP contribution in [0.3, 0.4) is 0 Å². The van der Waals surface area contributed by atoms with Gasteiger partial charge in [0.15, 0.2) is 0 Å². The van der Waals surface area contributed by atoms with Crippen LogP contribution in [-0.2, 0) is 25.9 Å². The number of hydrogen-bond acceptors (Lipinski definition) is 6. The van der Waals surface area contributed by atoms with Crippen LogP contribution in [0.1, 0.15) is 41.7 Å². The fourth-order valence-electron chi connectivity index (χ4n) is 4.31. The van der Waals surface area contributed by atoms with Gasteiger partial charge < -0.3 is 19.1 Å². The first kappa shape index (κ1) is 27.9. The summed E-state index contributed by atoms with van der Waals surface area (Å²) in [6, 6.07) is 9.06. The van der Waals surface area contributed by atoms with E-state index in [1.54, 1.807) is 18.2 Å². The molecule has 0 aliphatic heterocycles. The van der Waals surface area contributed by atoms with Gasteiger partial charge in [0.25, 0.3) is 0 Å². The molecule has 2 aromatic carbocycles. The molecule has 1 aliphatic rings. The van der Waals surface area contributed by atoms with Gasteiger partial charge in [-0.25, -0.2) is 13.1 Å². The highest BCUT2D eigenvalue weighted by molar-refractivity contribution is 7.89. The molecule has 0 aromatic heterocycles. The van der Waals surface area contributed by atoms with Crippen molar-refractivity contribution in [3.8, 4) is 5.75 Å². The van der Waals surface area contributed by atoms with Crippen molar-refractivity contribution in [3.05, 3.63) is 57.6 Å². The maximum Gasteiger partial charge on any atom is 0.240 e. The molecule has 3 rings (SSSR count). The first-order valence-corrected chi connectivity index (χ1v) is 13.9. The largest absolute Gasteiger partial charge is 0.484 e. The number of hydrogen-bond donors (Lipinski definition) is 1. The summed E-state index contributed by atoms with van der Waals surface area (Å²) in [6.45, 7) is 8.09. The summed E-state index contributed by atoms with van der Waals surface area (Å²) >= 11 is 6.36. The van der Waals surface area contributed by atoms with Crippen molar-refractivity contribution >= 4 is 21.6 Å². The van der Waals surface area contributed by atoms with Crippen LogP contribution < -0.4 is 9.46 Å². The normalized spacial score (nSPS) is 17.7. The van der Waals surface area contributed by atoms with Crippen LogP contribution in [0.15, 0.2) is 35.2 Å². The van der Waals surface area contributed by atoms with Gasteiger partial charge in [-0.3, -0.25) is 0 Å². The molecule has 2 aromatic rings. The predicted octanol–water partition coefficient (Wildman–Crippen LogP) is 4.28. The van der Waals surface area contributed by atoms with Crippen LogP contribution in [0.25, 0.3) is 0 Å². The lowest BCUT2D eigenvalue weighted by atomic mass is 10.0. The summed E-state index contributed by atoms with van der Waals surface area (Å²) in [5.74, 6) is 0.654. The minimum atomic E-state index is -3.65. The maximum absolute atomic E-state index is 12.7. The van der Waals surface area contributed by atoms with Crippen molar-refractivity contribution < 1.29 is 22.6 Å². The molecule has 0 heterocycles. The molecule has 9 heteroatoms. The van der Waals surface area contributed by atoms with Crippen molar-refractivity contribution in [1.29, 1.82) is 0 Å². The second-order valence-electron chi connectivity index (χ2n) is 9.11. The minimum absolute atomic E-state index is 0.152. The predicted molar refractivity (Wildman–Crippen MR) is 139 cm³/mol. The second kappa shape index (κ2) is 12.5. The molecular weight excluding hydrogens is 488 g/mol. The third-order valence-corrected chi connectivity index (χ3v) is 7.85. The molecule has 1 aliphatic carbocycles. The number of nitrogens with zero attached hydrogens (tertiary/aromatic N) is 1. The number of benzene rings is 2. The monoisotopic (exact) mass is 524 g/mol. The van der Waals surface area contributed by atoms with Crippen molar-refractivity contribution in [3.63, 3.8) is 0 Å². The van der Waals surface area contributed by atoms with E-state index in [0.29, 0.717) is 30.6 Å². The summed E-state index contributed by atoms with van der Waals surface area (Å²) in [5, 5.41) is 0.691. The molecular formula is C26H37ClN2O5S. The Bertz CT molecular complexity index is 1110. The van der Waals surface area contributed by atoms with E-state index in [0.717, 1.165) is 29.5 Å². The minimum Gasteiger partial charge on any atom is -0.484 e. The number of ether oxygens (including phenoxy) is 3. The van der Waals surface area contributed by atoms with Gasteiger partial charge >= 0.3 is 0 Å². The first-order valence-electron chi connectivity index (χ1n) is 12.0. The fourth-order valence-corrected chi connectivity index (χ4v) is 5.69. The van der Waals surface area contributed by atoms with Crippen LogP contribution in [-0.4, -0.2) is 66.4 Å². The third-order valence-electron chi connectivity index (χ3n) is 6.17. The number of halogens is 1. The number of likely N-dealkylation sites (N-methyl/N-ethyl adjacent to an activating group) is 1. The Balaban J connectivity index is 1.66. The van der Waals surface area contributed by atoms with Gasteiger partial charge in [0.1, 0.15) is 11.9 Å². The van der Waals surface area contributed by atoms with Crippen LogP contribution in [0, 0.1) is 13.8 Å². The summed E-state index contributed by atoms with van der Waals surface area (Å²) in [5.41, 5.74) is 4.26. The van der Waals surface area contributed by atoms with E-state index in [-0.39, 0.29) is 30.2 Å². The molecule has 1 N–H and O–H groups in total. The standard InChI is InChI=1S/C26H37ClN2O5S/c1-6-10-32-12-13-33-11-9-28-35(30,31)21-7-8-25(19(3)15-21)34-26-23-16-20(27)14-18(2)22(23)17-24(26)29(4)5/h7-8,14-16,24,26,28H,6,9-13,17H2,1-5H3/t24-,26-/m0/s1. The lowest BCUT2D eigenvalue weighted by Gasteiger charge is -2.28. The molecule has 0 amide bonds. The Morgan fingerprint density at radius 3 is 2.40 bits per heavy atom. The highest BCUT2D eigenvalue weighted by Gasteiger charge is 2.37. The van der Waals surface area contributed by atoms with E-state index in [4.69, 9.17) is 25.8 Å². The van der Waals surface area contributed by atoms with Gasteiger partial charge in [0.05, 0.1) is 30.8 Å². The SMILES string of the molecule is CCCOCCOCCNS(=O)(=O)c1ccc(O[C@H]2c3cc(Cl)cc(C)c3C[C@@H]2N(C)C)c(C)c1. The highest BCUT2D eigenvalue weighted by atomic mass is 35.5. The fraction of sp³-hybridized carbons (Fsp3) is 0.538. The number of nitrogens with one attached hydrogen (secondary N) is 1. The first-order chi connectivity index (χ1) is 16.6. The molecule has 35 heavy (non-hydrogen) atoms. The number of aryl methyl sites for hydroxylation is 2. The highest BCUT2D eigenvalue weighted by Crippen LogP contribution is 2.41. The molecule has 0 spiro atoms. The second-order valence-corrected chi connectivity index (χ2v) is 11.3. The van der Waals surface area contributed by atoms with Crippen LogP contribution in [0.5, 0.6) is 5.75 Å². The van der Waals surface area contributed by atoms with E-state index in [9.17, 15) is 8.42 Å². The number of fused-ring (bicyclic) bond motifs is 1. The van der Waals surface area contributed by atoms with Gasteiger partial charge in [-0.1, -0.05) is 18.5 Å². The van der Waals surface area contributed by atoms with E-state index in [2.05, 4.69) is 16.5 Å². The number of rotatable bonds is 13. The van der Waals surface area contributed by atoms with Gasteiger partial charge in [-0.05, 0) is 93.4 Å². The topological polar surface area (TPSA) is 77.1 Å². The zero-order valence-corrected chi connectivity index (χ0v) is 22.8. The summed E-state index contributed by atoms with van der Waals surface area (Å²) < 4.78 is 45.3. The quantitative estimate of drug-likeness (QED) is 0.394. The third kappa shape index (κ3) is 7.18. The van der Waals surface area contributed by atoms with Gasteiger partial charge in [0, 0.05) is 18.2 Å². The van der Waals surface area contributed by atoms with Crippen LogP contribution in [0.4, 0.5) is 0 Å². The van der Waals surface area contributed by atoms with Crippen LogP contribution in [0.2, 0.25) is 5.02 Å². The molecule has 7 nitrogen and oxygen atoms in total. The molecule has 0 saturated carbocycles. The zero-order valence-electron chi connectivity index (χ0n) is 21.3. The zero-order chi connectivity index (χ0) is 25.6. The van der Waals surface area contributed by atoms with E-state index in [1.165, 1.54) is 5.56 Å². The number of sulfonamides is 1. The van der Waals surface area contributed by atoms with E-state index in [1.807, 2.05) is 40.1 Å². The van der Waals surface area contributed by atoms with E-state index >= 15 is 0 Å². The lowest BCUT2D eigenvalue weighted by Crippen LogP contribution is -2.34. The molecule has 0 bridgehead atoms. The van der Waals surface area contributed by atoms with Crippen molar-refractivity contribution in [2.45, 2.75) is 50.7 Å². The Kier molecular flexibility index (Phi) is 9.98. The van der Waals surface area contributed by atoms with Crippen LogP contribution >= 0.6 is 11.6 Å². The Morgan fingerprint density at radius 2 is 1.74 bits per heavy atom. The Morgan fingerprint density at radius 1 is 1.03 bits per heavy atom. The smallest absolute Gasteiger partial charge is 0.240 e. The van der Waals surface area contributed by atoms with Crippen molar-refractivity contribution in [1.82, 2.24) is 9.62 Å². The maximum atomic E-state index is 12.7. The molecule has 0 fully saturated rings. The van der Waals surface area contributed by atoms with Gasteiger partial charge in [0.2, 0.25) is 10.0 Å². The average Bonchev–Trinajstić information content (AvgIpc) is 3.15. The van der Waals surface area contributed by atoms with Gasteiger partial charge in [-0.15, -0.1) is 0 Å². The Labute approximate surface area is 214 Å². The summed E-state index contributed by atoms with van der Waals surface area (Å²) in [4.78, 5) is 2.36. The summed E-state index contributed by atoms with van der Waals surface area (Å²) in [7, 11) is 0.429. The molecule has 2 atom stereocenters. The molecule has 0 unspecified atom stereocenters. The van der Waals surface area contributed by atoms with Crippen molar-refractivity contribution in [2.75, 3.05) is 47.1 Å².